The number of hydrogen-bond donors (Lipinski definition) is 1. The first kappa shape index (κ1) is 21.6. The largest absolute Gasteiger partial charge is 0.416 e. The SMILES string of the molecule is FC(F)(F)c1ccc(CO[C@H]2CCNC[C@H]2C(c2ccccc2)c2ccccc2)cc1. The van der Waals surface area contributed by atoms with Gasteiger partial charge in [0.15, 0.2) is 0 Å². The quantitative estimate of drug-likeness (QED) is 0.521. The fourth-order valence-corrected chi connectivity index (χ4v) is 4.40. The molecule has 2 nitrogen and oxygen atoms in total. The highest BCUT2D eigenvalue weighted by atomic mass is 19.4. The number of benzene rings is 3. The first-order chi connectivity index (χ1) is 15.0. The molecule has 0 spiro atoms. The Morgan fingerprint density at radius 2 is 1.42 bits per heavy atom. The fraction of sp³-hybridized carbons (Fsp3) is 0.308. The molecule has 0 saturated carbocycles. The third-order valence-electron chi connectivity index (χ3n) is 5.95. The summed E-state index contributed by atoms with van der Waals surface area (Å²) in [5, 5.41) is 3.50. The zero-order valence-electron chi connectivity index (χ0n) is 17.2. The van der Waals surface area contributed by atoms with Crippen molar-refractivity contribution in [2.45, 2.75) is 31.2 Å². The third-order valence-corrected chi connectivity index (χ3v) is 5.95. The van der Waals surface area contributed by atoms with E-state index >= 15 is 0 Å². The molecule has 1 fully saturated rings. The van der Waals surface area contributed by atoms with Gasteiger partial charge in [-0.1, -0.05) is 72.8 Å². The molecule has 1 N–H and O–H groups in total. The second kappa shape index (κ2) is 9.67. The number of ether oxygens (including phenoxy) is 1. The number of rotatable bonds is 6. The van der Waals surface area contributed by atoms with E-state index < -0.39 is 11.7 Å². The van der Waals surface area contributed by atoms with Gasteiger partial charge in [0.1, 0.15) is 0 Å². The predicted molar refractivity (Wildman–Crippen MR) is 116 cm³/mol. The molecule has 1 heterocycles. The Bertz CT molecular complexity index is 902. The molecule has 3 aromatic rings. The summed E-state index contributed by atoms with van der Waals surface area (Å²) >= 11 is 0. The van der Waals surface area contributed by atoms with Crippen molar-refractivity contribution in [3.05, 3.63) is 107 Å². The highest BCUT2D eigenvalue weighted by Crippen LogP contribution is 2.37. The number of halogens is 3. The Balaban J connectivity index is 1.54. The van der Waals surface area contributed by atoms with Crippen molar-refractivity contribution in [1.82, 2.24) is 5.32 Å². The van der Waals surface area contributed by atoms with Crippen molar-refractivity contribution in [2.75, 3.05) is 13.1 Å². The van der Waals surface area contributed by atoms with Crippen LogP contribution in [0.3, 0.4) is 0 Å². The number of alkyl halides is 3. The molecule has 4 rings (SSSR count). The van der Waals surface area contributed by atoms with Crippen LogP contribution in [0, 0.1) is 5.92 Å². The van der Waals surface area contributed by atoms with Crippen molar-refractivity contribution in [3.8, 4) is 0 Å². The first-order valence-electron chi connectivity index (χ1n) is 10.6. The lowest BCUT2D eigenvalue weighted by atomic mass is 9.76. The Morgan fingerprint density at radius 1 is 0.839 bits per heavy atom. The summed E-state index contributed by atoms with van der Waals surface area (Å²) in [6.07, 6.45) is -3.45. The van der Waals surface area contributed by atoms with Gasteiger partial charge >= 0.3 is 6.18 Å². The maximum absolute atomic E-state index is 12.8. The van der Waals surface area contributed by atoms with Gasteiger partial charge < -0.3 is 10.1 Å². The Labute approximate surface area is 181 Å². The van der Waals surface area contributed by atoms with Gasteiger partial charge in [-0.15, -0.1) is 0 Å². The average molecular weight is 425 g/mol. The molecule has 0 bridgehead atoms. The Morgan fingerprint density at radius 3 is 1.97 bits per heavy atom. The maximum atomic E-state index is 12.8. The van der Waals surface area contributed by atoms with E-state index in [-0.39, 0.29) is 17.9 Å². The molecular formula is C26H26F3NO. The standard InChI is InChI=1S/C26H26F3NO/c27-26(28,29)22-13-11-19(12-14-22)18-31-24-15-16-30-17-23(24)25(20-7-3-1-4-8-20)21-9-5-2-6-10-21/h1-14,23-25,30H,15-18H2/t23-,24+/m1/s1. The van der Waals surface area contributed by atoms with Crippen LogP contribution in [-0.2, 0) is 17.5 Å². The van der Waals surface area contributed by atoms with Crippen LogP contribution in [-0.4, -0.2) is 19.2 Å². The normalized spacial score (nSPS) is 19.5. The first-order valence-corrected chi connectivity index (χ1v) is 10.6. The maximum Gasteiger partial charge on any atom is 0.416 e. The predicted octanol–water partition coefficient (Wildman–Crippen LogP) is 6.03. The molecule has 5 heteroatoms. The van der Waals surface area contributed by atoms with Crippen LogP contribution in [0.4, 0.5) is 13.2 Å². The van der Waals surface area contributed by atoms with Gasteiger partial charge in [-0.25, -0.2) is 0 Å². The van der Waals surface area contributed by atoms with Crippen LogP contribution in [0.2, 0.25) is 0 Å². The minimum atomic E-state index is -4.32. The summed E-state index contributed by atoms with van der Waals surface area (Å²) in [6, 6.07) is 26.1. The van der Waals surface area contributed by atoms with Crippen LogP contribution in [0.5, 0.6) is 0 Å². The zero-order valence-corrected chi connectivity index (χ0v) is 17.2. The monoisotopic (exact) mass is 425 g/mol. The molecule has 162 valence electrons. The van der Waals surface area contributed by atoms with E-state index in [9.17, 15) is 13.2 Å². The molecule has 0 radical (unpaired) electrons. The van der Waals surface area contributed by atoms with E-state index in [1.807, 2.05) is 12.1 Å². The lowest BCUT2D eigenvalue weighted by Gasteiger charge is -2.38. The van der Waals surface area contributed by atoms with E-state index in [2.05, 4.69) is 53.8 Å². The van der Waals surface area contributed by atoms with Crippen molar-refractivity contribution in [2.24, 2.45) is 5.92 Å². The summed E-state index contributed by atoms with van der Waals surface area (Å²) < 4.78 is 44.8. The van der Waals surface area contributed by atoms with E-state index in [0.717, 1.165) is 37.2 Å². The van der Waals surface area contributed by atoms with Crippen LogP contribution >= 0.6 is 0 Å². The van der Waals surface area contributed by atoms with Gasteiger partial charge in [0, 0.05) is 18.4 Å². The lowest BCUT2D eigenvalue weighted by Crippen LogP contribution is -2.44. The lowest BCUT2D eigenvalue weighted by molar-refractivity contribution is -0.137. The Kier molecular flexibility index (Phi) is 6.73. The molecule has 0 aromatic heterocycles. The van der Waals surface area contributed by atoms with E-state index in [4.69, 9.17) is 4.74 Å². The molecule has 2 atom stereocenters. The van der Waals surface area contributed by atoms with Crippen molar-refractivity contribution >= 4 is 0 Å². The number of nitrogens with one attached hydrogen (secondary N) is 1. The van der Waals surface area contributed by atoms with Crippen LogP contribution in [0.15, 0.2) is 84.9 Å². The van der Waals surface area contributed by atoms with Gasteiger partial charge in [0.2, 0.25) is 0 Å². The number of piperidine rings is 1. The van der Waals surface area contributed by atoms with Gasteiger partial charge in [0.25, 0.3) is 0 Å². The van der Waals surface area contributed by atoms with E-state index in [0.29, 0.717) is 6.61 Å². The van der Waals surface area contributed by atoms with Gasteiger partial charge in [-0.3, -0.25) is 0 Å². The average Bonchev–Trinajstić information content (AvgIpc) is 2.80. The van der Waals surface area contributed by atoms with Crippen LogP contribution < -0.4 is 5.32 Å². The zero-order chi connectivity index (χ0) is 21.7. The molecule has 1 aliphatic heterocycles. The summed E-state index contributed by atoms with van der Waals surface area (Å²) in [5.41, 5.74) is 2.60. The van der Waals surface area contributed by atoms with Crippen LogP contribution in [0.25, 0.3) is 0 Å². The van der Waals surface area contributed by atoms with Gasteiger partial charge in [0.05, 0.1) is 18.3 Å². The number of hydrogen-bond acceptors (Lipinski definition) is 2. The molecular weight excluding hydrogens is 399 g/mol. The second-order valence-corrected chi connectivity index (χ2v) is 8.00. The van der Waals surface area contributed by atoms with E-state index in [1.165, 1.54) is 23.3 Å². The van der Waals surface area contributed by atoms with E-state index in [1.54, 1.807) is 0 Å². The van der Waals surface area contributed by atoms with Crippen molar-refractivity contribution in [3.63, 3.8) is 0 Å². The third kappa shape index (κ3) is 5.35. The molecule has 0 amide bonds. The van der Waals surface area contributed by atoms with Crippen molar-refractivity contribution < 1.29 is 17.9 Å². The topological polar surface area (TPSA) is 21.3 Å². The van der Waals surface area contributed by atoms with Crippen LogP contribution in [0.1, 0.15) is 34.6 Å². The highest BCUT2D eigenvalue weighted by Gasteiger charge is 2.34. The van der Waals surface area contributed by atoms with Gasteiger partial charge in [-0.05, 0) is 41.8 Å². The van der Waals surface area contributed by atoms with Crippen molar-refractivity contribution in [1.29, 1.82) is 0 Å². The molecule has 1 saturated heterocycles. The minimum absolute atomic E-state index is 0.00829. The molecule has 31 heavy (non-hydrogen) atoms. The Hall–Kier alpha value is -2.63. The smallest absolute Gasteiger partial charge is 0.373 e. The summed E-state index contributed by atoms with van der Waals surface area (Å²) in [6.45, 7) is 1.99. The second-order valence-electron chi connectivity index (χ2n) is 8.00. The summed E-state index contributed by atoms with van der Waals surface area (Å²) in [5.74, 6) is 0.390. The fourth-order valence-electron chi connectivity index (χ4n) is 4.40. The molecule has 0 unspecified atom stereocenters. The molecule has 3 aromatic carbocycles. The summed E-state index contributed by atoms with van der Waals surface area (Å²) in [7, 11) is 0. The molecule has 0 aliphatic carbocycles. The van der Waals surface area contributed by atoms with Gasteiger partial charge in [-0.2, -0.15) is 13.2 Å². The highest BCUT2D eigenvalue weighted by molar-refractivity contribution is 5.34. The minimum Gasteiger partial charge on any atom is -0.373 e. The summed E-state index contributed by atoms with van der Waals surface area (Å²) in [4.78, 5) is 0. The molecule has 1 aliphatic rings.